The highest BCUT2D eigenvalue weighted by Crippen LogP contribution is 2.27. The van der Waals surface area contributed by atoms with Gasteiger partial charge >= 0.3 is 5.97 Å². The molecular weight excluding hydrogens is 520 g/mol. The molecule has 6 nitrogen and oxygen atoms in total. The second-order valence-corrected chi connectivity index (χ2v) is 9.15. The molecule has 0 aliphatic carbocycles. The number of hydrazone groups is 1. The number of benzene rings is 3. The zero-order chi connectivity index (χ0) is 24.7. The number of halogens is 2. The Kier molecular flexibility index (Phi) is 8.85. The molecule has 0 aromatic heterocycles. The maximum Gasteiger partial charge on any atom is 0.345 e. The van der Waals surface area contributed by atoms with E-state index in [9.17, 15) is 9.59 Å². The quantitative estimate of drug-likeness (QED) is 0.157. The highest BCUT2D eigenvalue weighted by Gasteiger charge is 2.15. The molecule has 3 rings (SSSR count). The Morgan fingerprint density at radius 3 is 2.59 bits per heavy atom. The molecule has 3 aromatic carbocycles. The van der Waals surface area contributed by atoms with Crippen LogP contribution in [-0.4, -0.2) is 24.7 Å². The number of hydrogen-bond acceptors (Lipinski definition) is 5. The molecule has 0 saturated heterocycles. The standard InChI is InChI=1S/C26H24BrClN2O4/c1-16(2)20-10-8-17(3)12-24(20)33-15-25(31)30-29-14-18-13-19(27)9-11-23(18)34-26(32)21-6-4-5-7-22(21)28/h4-14,16H,15H2,1-3H3,(H,30,31). The lowest BCUT2D eigenvalue weighted by Gasteiger charge is -2.14. The fraction of sp³-hybridized carbons (Fsp3) is 0.192. The molecule has 176 valence electrons. The average Bonchev–Trinajstić information content (AvgIpc) is 2.79. The first kappa shape index (κ1) is 25.5. The summed E-state index contributed by atoms with van der Waals surface area (Å²) in [5.41, 5.74) is 5.24. The van der Waals surface area contributed by atoms with Gasteiger partial charge in [0.1, 0.15) is 11.5 Å². The van der Waals surface area contributed by atoms with Gasteiger partial charge in [0, 0.05) is 10.0 Å². The molecule has 3 aromatic rings. The van der Waals surface area contributed by atoms with Crippen molar-refractivity contribution in [3.05, 3.63) is 92.4 Å². The Bertz CT molecular complexity index is 1230. The number of ether oxygens (including phenoxy) is 2. The van der Waals surface area contributed by atoms with Crippen LogP contribution >= 0.6 is 27.5 Å². The zero-order valence-electron chi connectivity index (χ0n) is 19.0. The van der Waals surface area contributed by atoms with E-state index in [-0.39, 0.29) is 23.8 Å². The van der Waals surface area contributed by atoms with E-state index in [0.29, 0.717) is 16.3 Å². The third-order valence-corrected chi connectivity index (χ3v) is 5.63. The molecule has 0 radical (unpaired) electrons. The molecule has 0 fully saturated rings. The van der Waals surface area contributed by atoms with Crippen LogP contribution in [0, 0.1) is 6.92 Å². The largest absolute Gasteiger partial charge is 0.483 e. The van der Waals surface area contributed by atoms with Crippen LogP contribution in [0.3, 0.4) is 0 Å². The van der Waals surface area contributed by atoms with Crippen LogP contribution < -0.4 is 14.9 Å². The van der Waals surface area contributed by atoms with Crippen molar-refractivity contribution >= 4 is 45.6 Å². The number of esters is 1. The molecule has 0 spiro atoms. The Hall–Kier alpha value is -3.16. The number of amides is 1. The van der Waals surface area contributed by atoms with Gasteiger partial charge in [0.25, 0.3) is 5.91 Å². The number of carbonyl (C=O) groups excluding carboxylic acids is 2. The first-order valence-corrected chi connectivity index (χ1v) is 11.7. The lowest BCUT2D eigenvalue weighted by molar-refractivity contribution is -0.123. The summed E-state index contributed by atoms with van der Waals surface area (Å²) >= 11 is 9.47. The van der Waals surface area contributed by atoms with Crippen molar-refractivity contribution in [2.45, 2.75) is 26.7 Å². The highest BCUT2D eigenvalue weighted by molar-refractivity contribution is 9.10. The topological polar surface area (TPSA) is 77.0 Å². The Morgan fingerprint density at radius 1 is 1.09 bits per heavy atom. The minimum atomic E-state index is -0.598. The highest BCUT2D eigenvalue weighted by atomic mass is 79.9. The van der Waals surface area contributed by atoms with Gasteiger partial charge < -0.3 is 9.47 Å². The lowest BCUT2D eigenvalue weighted by atomic mass is 10.0. The number of aryl methyl sites for hydroxylation is 1. The molecule has 1 N–H and O–H groups in total. The molecule has 34 heavy (non-hydrogen) atoms. The second kappa shape index (κ2) is 11.8. The molecule has 0 aliphatic heterocycles. The number of hydrogen-bond donors (Lipinski definition) is 1. The summed E-state index contributed by atoms with van der Waals surface area (Å²) in [6.45, 7) is 5.91. The maximum atomic E-state index is 12.5. The van der Waals surface area contributed by atoms with Crippen LogP contribution in [0.5, 0.6) is 11.5 Å². The van der Waals surface area contributed by atoms with E-state index in [2.05, 4.69) is 40.3 Å². The number of rotatable bonds is 8. The first-order valence-electron chi connectivity index (χ1n) is 10.6. The van der Waals surface area contributed by atoms with Gasteiger partial charge in [0.2, 0.25) is 0 Å². The molecule has 0 bridgehead atoms. The van der Waals surface area contributed by atoms with E-state index in [4.69, 9.17) is 21.1 Å². The third-order valence-electron chi connectivity index (χ3n) is 4.81. The Labute approximate surface area is 212 Å². The van der Waals surface area contributed by atoms with Gasteiger partial charge in [-0.3, -0.25) is 4.79 Å². The predicted molar refractivity (Wildman–Crippen MR) is 137 cm³/mol. The molecule has 1 amide bonds. The van der Waals surface area contributed by atoms with E-state index in [0.717, 1.165) is 15.6 Å². The summed E-state index contributed by atoms with van der Waals surface area (Å²) in [6, 6.07) is 17.6. The summed E-state index contributed by atoms with van der Waals surface area (Å²) in [5.74, 6) is 0.190. The van der Waals surface area contributed by atoms with E-state index in [1.165, 1.54) is 6.21 Å². The van der Waals surface area contributed by atoms with E-state index in [1.807, 2.05) is 25.1 Å². The lowest BCUT2D eigenvalue weighted by Crippen LogP contribution is -2.25. The smallest absolute Gasteiger partial charge is 0.345 e. The van der Waals surface area contributed by atoms with Gasteiger partial charge in [0.05, 0.1) is 16.8 Å². The van der Waals surface area contributed by atoms with Gasteiger partial charge in [-0.05, 0) is 60.4 Å². The summed E-state index contributed by atoms with van der Waals surface area (Å²) < 4.78 is 12.0. The van der Waals surface area contributed by atoms with Crippen molar-refractivity contribution in [2.24, 2.45) is 5.10 Å². The van der Waals surface area contributed by atoms with Crippen molar-refractivity contribution in [2.75, 3.05) is 6.61 Å². The number of nitrogens with zero attached hydrogens (tertiary/aromatic N) is 1. The monoisotopic (exact) mass is 542 g/mol. The van der Waals surface area contributed by atoms with Crippen molar-refractivity contribution in [1.29, 1.82) is 0 Å². The minimum Gasteiger partial charge on any atom is -0.483 e. The summed E-state index contributed by atoms with van der Waals surface area (Å²) in [5, 5.41) is 4.28. The van der Waals surface area contributed by atoms with Crippen LogP contribution in [-0.2, 0) is 4.79 Å². The molecule has 0 aliphatic rings. The van der Waals surface area contributed by atoms with Crippen LogP contribution in [0.4, 0.5) is 0 Å². The van der Waals surface area contributed by atoms with Crippen LogP contribution in [0.25, 0.3) is 0 Å². The number of carbonyl (C=O) groups is 2. The molecule has 0 heterocycles. The van der Waals surface area contributed by atoms with Crippen molar-refractivity contribution in [1.82, 2.24) is 5.43 Å². The molecule has 0 atom stereocenters. The van der Waals surface area contributed by atoms with Gasteiger partial charge in [-0.1, -0.05) is 65.6 Å². The fourth-order valence-corrected chi connectivity index (χ4v) is 3.68. The molecule has 0 unspecified atom stereocenters. The minimum absolute atomic E-state index is 0.187. The summed E-state index contributed by atoms with van der Waals surface area (Å²) in [7, 11) is 0. The summed E-state index contributed by atoms with van der Waals surface area (Å²) in [6.07, 6.45) is 1.39. The molecule has 8 heteroatoms. The zero-order valence-corrected chi connectivity index (χ0v) is 21.3. The fourth-order valence-electron chi connectivity index (χ4n) is 3.09. The van der Waals surface area contributed by atoms with E-state index < -0.39 is 11.9 Å². The predicted octanol–water partition coefficient (Wildman–Crippen LogP) is 6.28. The SMILES string of the molecule is Cc1ccc(C(C)C)c(OCC(=O)NN=Cc2cc(Br)ccc2OC(=O)c2ccccc2Cl)c1. The van der Waals surface area contributed by atoms with E-state index >= 15 is 0 Å². The van der Waals surface area contributed by atoms with Gasteiger partial charge in [0.15, 0.2) is 6.61 Å². The van der Waals surface area contributed by atoms with Crippen molar-refractivity contribution < 1.29 is 19.1 Å². The van der Waals surface area contributed by atoms with Crippen molar-refractivity contribution in [3.8, 4) is 11.5 Å². The average molecular weight is 544 g/mol. The Morgan fingerprint density at radius 2 is 1.85 bits per heavy atom. The van der Waals surface area contributed by atoms with Crippen LogP contribution in [0.2, 0.25) is 5.02 Å². The van der Waals surface area contributed by atoms with Crippen LogP contribution in [0.1, 0.15) is 46.8 Å². The third kappa shape index (κ3) is 6.92. The maximum absolute atomic E-state index is 12.5. The molecular formula is C26H24BrClN2O4. The second-order valence-electron chi connectivity index (χ2n) is 7.83. The normalized spacial score (nSPS) is 11.0. The number of nitrogens with one attached hydrogen (secondary N) is 1. The van der Waals surface area contributed by atoms with Gasteiger partial charge in [-0.15, -0.1) is 0 Å². The molecule has 0 saturated carbocycles. The van der Waals surface area contributed by atoms with Crippen molar-refractivity contribution in [3.63, 3.8) is 0 Å². The van der Waals surface area contributed by atoms with Crippen LogP contribution in [0.15, 0.2) is 70.2 Å². The Balaban J connectivity index is 1.65. The van der Waals surface area contributed by atoms with E-state index in [1.54, 1.807) is 42.5 Å². The summed E-state index contributed by atoms with van der Waals surface area (Å²) in [4.78, 5) is 24.8. The first-order chi connectivity index (χ1) is 16.2. The van der Waals surface area contributed by atoms with Gasteiger partial charge in [-0.25, -0.2) is 10.2 Å². The van der Waals surface area contributed by atoms with Gasteiger partial charge in [-0.2, -0.15) is 5.10 Å².